The number of carbonyl (C=O) groups excluding carboxylic acids is 2. The molecule has 1 saturated carbocycles. The van der Waals surface area contributed by atoms with Crippen LogP contribution in [0.15, 0.2) is 28.7 Å². The van der Waals surface area contributed by atoms with Crippen molar-refractivity contribution in [2.75, 3.05) is 31.5 Å². The maximum atomic E-state index is 12.7. The highest BCUT2D eigenvalue weighted by Gasteiger charge is 2.28. The van der Waals surface area contributed by atoms with Crippen molar-refractivity contribution < 1.29 is 9.59 Å². The van der Waals surface area contributed by atoms with Crippen molar-refractivity contribution in [3.63, 3.8) is 0 Å². The Bertz CT molecular complexity index is 599. The molecule has 1 N–H and O–H groups in total. The molecule has 0 atom stereocenters. The molecule has 3 rings (SSSR count). The second-order valence-electron chi connectivity index (χ2n) is 6.94. The van der Waals surface area contributed by atoms with Gasteiger partial charge in [0.15, 0.2) is 0 Å². The van der Waals surface area contributed by atoms with Crippen LogP contribution >= 0.6 is 15.9 Å². The quantitative estimate of drug-likeness (QED) is 0.801. The molecule has 1 saturated heterocycles. The summed E-state index contributed by atoms with van der Waals surface area (Å²) in [5.41, 5.74) is 0.785. The molecule has 0 radical (unpaired) electrons. The van der Waals surface area contributed by atoms with E-state index < -0.39 is 0 Å². The lowest BCUT2D eigenvalue weighted by molar-refractivity contribution is -0.136. The molecule has 0 bridgehead atoms. The normalized spacial score (nSPS) is 19.4. The molecule has 25 heavy (non-hydrogen) atoms. The van der Waals surface area contributed by atoms with E-state index in [4.69, 9.17) is 0 Å². The summed E-state index contributed by atoms with van der Waals surface area (Å²) in [7, 11) is 0. The van der Waals surface area contributed by atoms with Crippen LogP contribution in [0, 0.1) is 5.92 Å². The van der Waals surface area contributed by atoms with Crippen LogP contribution in [0.5, 0.6) is 0 Å². The molecule has 2 fully saturated rings. The minimum atomic E-state index is -0.0886. The summed E-state index contributed by atoms with van der Waals surface area (Å²) >= 11 is 3.39. The topological polar surface area (TPSA) is 52.7 Å². The zero-order valence-electron chi connectivity index (χ0n) is 14.5. The summed E-state index contributed by atoms with van der Waals surface area (Å²) in [5, 5.41) is 2.94. The standard InChI is InChI=1S/C19H26BrN3O2/c20-16-7-9-17(10-8-16)21-19(25)23-12-4-11-22(13-14-23)18(24)15-5-2-1-3-6-15/h7-10,15H,1-6,11-14H2,(H,21,25). The zero-order chi connectivity index (χ0) is 17.6. The van der Waals surface area contributed by atoms with Crippen LogP contribution < -0.4 is 5.32 Å². The molecule has 3 amide bonds. The van der Waals surface area contributed by atoms with Crippen molar-refractivity contribution in [3.8, 4) is 0 Å². The third-order valence-electron chi connectivity index (χ3n) is 5.14. The van der Waals surface area contributed by atoms with E-state index in [-0.39, 0.29) is 11.9 Å². The SMILES string of the molecule is O=C(Nc1ccc(Br)cc1)N1CCCN(C(=O)C2CCCCC2)CC1. The monoisotopic (exact) mass is 407 g/mol. The number of hydrogen-bond acceptors (Lipinski definition) is 2. The predicted octanol–water partition coefficient (Wildman–Crippen LogP) is 4.10. The summed E-state index contributed by atoms with van der Waals surface area (Å²) in [6, 6.07) is 7.47. The van der Waals surface area contributed by atoms with E-state index in [0.29, 0.717) is 25.5 Å². The lowest BCUT2D eigenvalue weighted by atomic mass is 9.88. The first-order chi connectivity index (χ1) is 12.1. The van der Waals surface area contributed by atoms with Gasteiger partial charge in [-0.25, -0.2) is 4.79 Å². The van der Waals surface area contributed by atoms with Gasteiger partial charge in [-0.15, -0.1) is 0 Å². The highest BCUT2D eigenvalue weighted by atomic mass is 79.9. The predicted molar refractivity (Wildman–Crippen MR) is 103 cm³/mol. The summed E-state index contributed by atoms with van der Waals surface area (Å²) in [6.07, 6.45) is 6.50. The van der Waals surface area contributed by atoms with Gasteiger partial charge in [0, 0.05) is 42.3 Å². The summed E-state index contributed by atoms with van der Waals surface area (Å²) in [6.45, 7) is 2.69. The average molecular weight is 408 g/mol. The first kappa shape index (κ1) is 18.2. The van der Waals surface area contributed by atoms with E-state index in [1.165, 1.54) is 19.3 Å². The van der Waals surface area contributed by atoms with Gasteiger partial charge in [0.25, 0.3) is 0 Å². The Kier molecular flexibility index (Phi) is 6.34. The lowest BCUT2D eigenvalue weighted by Gasteiger charge is -2.28. The number of urea groups is 1. The number of benzene rings is 1. The number of nitrogens with zero attached hydrogens (tertiary/aromatic N) is 2. The van der Waals surface area contributed by atoms with Crippen LogP contribution in [0.25, 0.3) is 0 Å². The number of halogens is 1. The van der Waals surface area contributed by atoms with Crippen molar-refractivity contribution in [2.24, 2.45) is 5.92 Å². The molecule has 0 unspecified atom stereocenters. The molecule has 0 spiro atoms. The Morgan fingerprint density at radius 3 is 2.24 bits per heavy atom. The average Bonchev–Trinajstić information content (AvgIpc) is 2.90. The fourth-order valence-electron chi connectivity index (χ4n) is 3.68. The van der Waals surface area contributed by atoms with Crippen molar-refractivity contribution in [1.82, 2.24) is 9.80 Å². The number of carbonyl (C=O) groups is 2. The molecule has 1 aliphatic carbocycles. The van der Waals surface area contributed by atoms with Crippen molar-refractivity contribution in [3.05, 3.63) is 28.7 Å². The van der Waals surface area contributed by atoms with Gasteiger partial charge in [0.05, 0.1) is 0 Å². The summed E-state index contributed by atoms with van der Waals surface area (Å²) < 4.78 is 0.983. The van der Waals surface area contributed by atoms with E-state index in [1.807, 2.05) is 34.1 Å². The smallest absolute Gasteiger partial charge is 0.321 e. The van der Waals surface area contributed by atoms with E-state index in [1.54, 1.807) is 0 Å². The second-order valence-corrected chi connectivity index (χ2v) is 7.85. The highest BCUT2D eigenvalue weighted by Crippen LogP contribution is 2.26. The van der Waals surface area contributed by atoms with Gasteiger partial charge in [-0.3, -0.25) is 4.79 Å². The van der Waals surface area contributed by atoms with E-state index >= 15 is 0 Å². The number of rotatable bonds is 2. The van der Waals surface area contributed by atoms with Gasteiger partial charge in [0.1, 0.15) is 0 Å². The third-order valence-corrected chi connectivity index (χ3v) is 5.67. The van der Waals surface area contributed by atoms with Gasteiger partial charge >= 0.3 is 6.03 Å². The number of amides is 3. The molecule has 1 aromatic rings. The molecule has 5 nitrogen and oxygen atoms in total. The Morgan fingerprint density at radius 1 is 0.880 bits per heavy atom. The van der Waals surface area contributed by atoms with Gasteiger partial charge in [0.2, 0.25) is 5.91 Å². The van der Waals surface area contributed by atoms with Crippen molar-refractivity contribution >= 4 is 33.6 Å². The Balaban J connectivity index is 1.52. The molecular weight excluding hydrogens is 382 g/mol. The minimum Gasteiger partial charge on any atom is -0.341 e. The molecule has 1 aromatic carbocycles. The first-order valence-corrected chi connectivity index (χ1v) is 10.0. The van der Waals surface area contributed by atoms with Crippen LogP contribution in [-0.4, -0.2) is 47.9 Å². The number of hydrogen-bond donors (Lipinski definition) is 1. The molecule has 2 aliphatic rings. The maximum Gasteiger partial charge on any atom is 0.321 e. The molecular formula is C19H26BrN3O2. The van der Waals surface area contributed by atoms with Gasteiger partial charge in [-0.05, 0) is 43.5 Å². The molecule has 1 aliphatic heterocycles. The van der Waals surface area contributed by atoms with Crippen LogP contribution in [0.4, 0.5) is 10.5 Å². The largest absolute Gasteiger partial charge is 0.341 e. The fraction of sp³-hybridized carbons (Fsp3) is 0.579. The minimum absolute atomic E-state index is 0.0886. The molecule has 136 valence electrons. The summed E-state index contributed by atoms with van der Waals surface area (Å²) in [5.74, 6) is 0.506. The number of nitrogens with one attached hydrogen (secondary N) is 1. The summed E-state index contributed by atoms with van der Waals surface area (Å²) in [4.78, 5) is 29.0. The lowest BCUT2D eigenvalue weighted by Crippen LogP contribution is -2.41. The van der Waals surface area contributed by atoms with Crippen LogP contribution in [0.3, 0.4) is 0 Å². The van der Waals surface area contributed by atoms with E-state index in [2.05, 4.69) is 21.2 Å². The van der Waals surface area contributed by atoms with Gasteiger partial charge in [-0.1, -0.05) is 35.2 Å². The third kappa shape index (κ3) is 4.97. The maximum absolute atomic E-state index is 12.7. The Hall–Kier alpha value is -1.56. The second kappa shape index (κ2) is 8.70. The van der Waals surface area contributed by atoms with Gasteiger partial charge < -0.3 is 15.1 Å². The number of anilines is 1. The van der Waals surface area contributed by atoms with Crippen molar-refractivity contribution in [1.29, 1.82) is 0 Å². The van der Waals surface area contributed by atoms with Gasteiger partial charge in [-0.2, -0.15) is 0 Å². The zero-order valence-corrected chi connectivity index (χ0v) is 16.1. The van der Waals surface area contributed by atoms with Crippen LogP contribution in [0.2, 0.25) is 0 Å². The Labute approximate surface area is 157 Å². The molecule has 0 aromatic heterocycles. The van der Waals surface area contributed by atoms with E-state index in [9.17, 15) is 9.59 Å². The first-order valence-electron chi connectivity index (χ1n) is 9.24. The molecule has 6 heteroatoms. The highest BCUT2D eigenvalue weighted by molar-refractivity contribution is 9.10. The van der Waals surface area contributed by atoms with Crippen molar-refractivity contribution in [2.45, 2.75) is 38.5 Å². The van der Waals surface area contributed by atoms with Crippen LogP contribution in [0.1, 0.15) is 38.5 Å². The Morgan fingerprint density at radius 2 is 1.52 bits per heavy atom. The molecule has 1 heterocycles. The fourth-order valence-corrected chi connectivity index (χ4v) is 3.95. The van der Waals surface area contributed by atoms with Crippen LogP contribution in [-0.2, 0) is 4.79 Å². The van der Waals surface area contributed by atoms with E-state index in [0.717, 1.165) is 36.0 Å².